The Morgan fingerprint density at radius 1 is 1.25 bits per heavy atom. The highest BCUT2D eigenvalue weighted by Gasteiger charge is 2.28. The lowest BCUT2D eigenvalue weighted by molar-refractivity contribution is 0.121. The predicted octanol–water partition coefficient (Wildman–Crippen LogP) is 3.43. The zero-order valence-electron chi connectivity index (χ0n) is 12.1. The number of hydrogen-bond acceptors (Lipinski definition) is 3. The molecule has 1 aromatic carbocycles. The third-order valence-corrected chi connectivity index (χ3v) is 4.51. The number of methoxy groups -OCH3 is 1. The van der Waals surface area contributed by atoms with Gasteiger partial charge in [-0.05, 0) is 56.5 Å². The number of aromatic hydroxyl groups is 1. The molecule has 2 fully saturated rings. The molecule has 0 aromatic heterocycles. The monoisotopic (exact) mass is 273 g/mol. The van der Waals surface area contributed by atoms with E-state index >= 15 is 0 Å². The minimum atomic E-state index is 0.221. The summed E-state index contributed by atoms with van der Waals surface area (Å²) in [5, 5.41) is 9.89. The zero-order valence-corrected chi connectivity index (χ0v) is 12.1. The summed E-state index contributed by atoms with van der Waals surface area (Å²) in [6.45, 7) is 2.49. The van der Waals surface area contributed by atoms with Crippen LogP contribution in [0.2, 0.25) is 0 Å². The molecule has 20 heavy (non-hydrogen) atoms. The molecular formula is C17H23NO2. The van der Waals surface area contributed by atoms with Gasteiger partial charge in [0.2, 0.25) is 0 Å². The number of ether oxygens (including phenoxy) is 1. The molecule has 0 radical (unpaired) electrons. The third-order valence-electron chi connectivity index (χ3n) is 4.51. The highest BCUT2D eigenvalue weighted by atomic mass is 16.5. The Balaban J connectivity index is 1.82. The fourth-order valence-corrected chi connectivity index (χ4v) is 3.27. The molecular weight excluding hydrogens is 250 g/mol. The molecule has 1 heterocycles. The van der Waals surface area contributed by atoms with Gasteiger partial charge >= 0.3 is 0 Å². The fourth-order valence-electron chi connectivity index (χ4n) is 3.27. The second-order valence-corrected chi connectivity index (χ2v) is 5.80. The van der Waals surface area contributed by atoms with Crippen LogP contribution >= 0.6 is 0 Å². The summed E-state index contributed by atoms with van der Waals surface area (Å²) in [5.74, 6) is 0.758. The van der Waals surface area contributed by atoms with Crippen LogP contribution in [0.5, 0.6) is 11.5 Å². The van der Waals surface area contributed by atoms with Gasteiger partial charge in [0.15, 0.2) is 11.5 Å². The van der Waals surface area contributed by atoms with Crippen LogP contribution in [0.15, 0.2) is 23.8 Å². The van der Waals surface area contributed by atoms with Crippen LogP contribution in [-0.4, -0.2) is 36.2 Å². The summed E-state index contributed by atoms with van der Waals surface area (Å²) in [4.78, 5) is 2.59. The van der Waals surface area contributed by atoms with E-state index in [1.54, 1.807) is 13.2 Å². The van der Waals surface area contributed by atoms with Crippen molar-refractivity contribution in [1.29, 1.82) is 0 Å². The van der Waals surface area contributed by atoms with Crippen molar-refractivity contribution in [3.63, 3.8) is 0 Å². The van der Waals surface area contributed by atoms with Crippen LogP contribution in [0.1, 0.15) is 37.7 Å². The van der Waals surface area contributed by atoms with Gasteiger partial charge in [-0.3, -0.25) is 4.90 Å². The molecule has 1 saturated carbocycles. The van der Waals surface area contributed by atoms with Gasteiger partial charge in [0.05, 0.1) is 7.11 Å². The minimum absolute atomic E-state index is 0.221. The van der Waals surface area contributed by atoms with E-state index in [-0.39, 0.29) is 5.75 Å². The molecule has 0 amide bonds. The zero-order chi connectivity index (χ0) is 13.9. The Bertz CT molecular complexity index is 506. The lowest BCUT2D eigenvalue weighted by atomic mass is 9.86. The Kier molecular flexibility index (Phi) is 3.97. The van der Waals surface area contributed by atoms with E-state index in [1.165, 1.54) is 50.8 Å². The van der Waals surface area contributed by atoms with E-state index < -0.39 is 0 Å². The van der Waals surface area contributed by atoms with E-state index in [2.05, 4.69) is 11.0 Å². The molecule has 0 bridgehead atoms. The number of phenolic OH excluding ortho intramolecular Hbond substituents is 1. The SMILES string of the molecule is COc1ccc(C=C2CCCCC2N2CCC2)cc1O. The molecule has 1 aliphatic carbocycles. The second kappa shape index (κ2) is 5.88. The van der Waals surface area contributed by atoms with Crippen molar-refractivity contribution in [2.45, 2.75) is 38.1 Å². The van der Waals surface area contributed by atoms with Gasteiger partial charge in [-0.1, -0.05) is 24.1 Å². The maximum absolute atomic E-state index is 9.89. The average Bonchev–Trinajstić information content (AvgIpc) is 2.39. The normalized spacial score (nSPS) is 25.4. The third kappa shape index (κ3) is 2.68. The largest absolute Gasteiger partial charge is 0.504 e. The number of rotatable bonds is 3. The van der Waals surface area contributed by atoms with Crippen LogP contribution in [-0.2, 0) is 0 Å². The number of likely N-dealkylation sites (tertiary alicyclic amines) is 1. The van der Waals surface area contributed by atoms with Crippen molar-refractivity contribution in [2.24, 2.45) is 0 Å². The standard InChI is InChI=1S/C17H23NO2/c1-20-17-8-7-13(12-16(17)19)11-14-5-2-3-6-15(14)18-9-4-10-18/h7-8,11-12,15,19H,2-6,9-10H2,1H3. The highest BCUT2D eigenvalue weighted by Crippen LogP contribution is 2.33. The van der Waals surface area contributed by atoms with Gasteiger partial charge in [0.25, 0.3) is 0 Å². The first-order chi connectivity index (χ1) is 9.78. The molecule has 1 aliphatic heterocycles. The lowest BCUT2D eigenvalue weighted by Crippen LogP contribution is -2.46. The van der Waals surface area contributed by atoms with Crippen LogP contribution in [0.25, 0.3) is 6.08 Å². The summed E-state index contributed by atoms with van der Waals surface area (Å²) in [7, 11) is 1.58. The molecule has 1 saturated heterocycles. The van der Waals surface area contributed by atoms with Crippen molar-refractivity contribution < 1.29 is 9.84 Å². The van der Waals surface area contributed by atoms with Crippen LogP contribution in [0, 0.1) is 0 Å². The first-order valence-electron chi connectivity index (χ1n) is 7.59. The first-order valence-corrected chi connectivity index (χ1v) is 7.59. The highest BCUT2D eigenvalue weighted by molar-refractivity contribution is 5.59. The number of nitrogens with zero attached hydrogens (tertiary/aromatic N) is 1. The van der Waals surface area contributed by atoms with Gasteiger partial charge < -0.3 is 9.84 Å². The number of benzene rings is 1. The Labute approximate surface area is 120 Å². The van der Waals surface area contributed by atoms with E-state index in [4.69, 9.17) is 4.74 Å². The molecule has 1 unspecified atom stereocenters. The average molecular weight is 273 g/mol. The molecule has 108 valence electrons. The minimum Gasteiger partial charge on any atom is -0.504 e. The summed E-state index contributed by atoms with van der Waals surface area (Å²) < 4.78 is 5.10. The Morgan fingerprint density at radius 2 is 2.10 bits per heavy atom. The van der Waals surface area contributed by atoms with Crippen molar-refractivity contribution >= 4 is 6.08 Å². The topological polar surface area (TPSA) is 32.7 Å². The Hall–Kier alpha value is -1.48. The molecule has 1 N–H and O–H groups in total. The van der Waals surface area contributed by atoms with E-state index in [1.807, 2.05) is 12.1 Å². The van der Waals surface area contributed by atoms with Crippen molar-refractivity contribution in [2.75, 3.05) is 20.2 Å². The number of phenols is 1. The molecule has 3 heteroatoms. The van der Waals surface area contributed by atoms with Gasteiger partial charge in [-0.2, -0.15) is 0 Å². The molecule has 3 nitrogen and oxygen atoms in total. The van der Waals surface area contributed by atoms with Crippen molar-refractivity contribution in [3.8, 4) is 11.5 Å². The smallest absolute Gasteiger partial charge is 0.160 e. The summed E-state index contributed by atoms with van der Waals surface area (Å²) >= 11 is 0. The molecule has 3 rings (SSSR count). The lowest BCUT2D eigenvalue weighted by Gasteiger charge is -2.42. The molecule has 0 spiro atoms. The molecule has 1 atom stereocenters. The fraction of sp³-hybridized carbons (Fsp3) is 0.529. The van der Waals surface area contributed by atoms with Crippen molar-refractivity contribution in [1.82, 2.24) is 4.90 Å². The van der Waals surface area contributed by atoms with Crippen LogP contribution in [0.3, 0.4) is 0 Å². The predicted molar refractivity (Wildman–Crippen MR) is 81.1 cm³/mol. The van der Waals surface area contributed by atoms with E-state index in [0.29, 0.717) is 11.8 Å². The summed E-state index contributed by atoms with van der Waals surface area (Å²) in [5.41, 5.74) is 2.60. The molecule has 1 aromatic rings. The van der Waals surface area contributed by atoms with E-state index in [9.17, 15) is 5.11 Å². The maximum Gasteiger partial charge on any atom is 0.160 e. The van der Waals surface area contributed by atoms with Gasteiger partial charge in [-0.25, -0.2) is 0 Å². The van der Waals surface area contributed by atoms with E-state index in [0.717, 1.165) is 5.56 Å². The quantitative estimate of drug-likeness (QED) is 0.915. The Morgan fingerprint density at radius 3 is 2.75 bits per heavy atom. The van der Waals surface area contributed by atoms with Gasteiger partial charge in [-0.15, -0.1) is 0 Å². The van der Waals surface area contributed by atoms with Gasteiger partial charge in [0, 0.05) is 6.04 Å². The first kappa shape index (κ1) is 13.5. The number of hydrogen-bond donors (Lipinski definition) is 1. The summed E-state index contributed by atoms with van der Waals surface area (Å²) in [6, 6.07) is 6.28. The van der Waals surface area contributed by atoms with Crippen molar-refractivity contribution in [3.05, 3.63) is 29.3 Å². The van der Waals surface area contributed by atoms with Gasteiger partial charge in [0.1, 0.15) is 0 Å². The molecule has 2 aliphatic rings. The maximum atomic E-state index is 9.89. The van der Waals surface area contributed by atoms with Crippen LogP contribution < -0.4 is 4.74 Å². The second-order valence-electron chi connectivity index (χ2n) is 5.80. The van der Waals surface area contributed by atoms with Crippen LogP contribution in [0.4, 0.5) is 0 Å². The summed E-state index contributed by atoms with van der Waals surface area (Å²) in [6.07, 6.45) is 8.71.